The van der Waals surface area contributed by atoms with E-state index in [9.17, 15) is 0 Å². The fraction of sp³-hybridized carbons (Fsp3) is 0.524. The van der Waals surface area contributed by atoms with Gasteiger partial charge in [-0.25, -0.2) is 4.98 Å². The number of anilines is 2. The lowest BCUT2D eigenvalue weighted by Gasteiger charge is -2.33. The number of guanidine groups is 1. The highest BCUT2D eigenvalue weighted by Crippen LogP contribution is 2.24. The van der Waals surface area contributed by atoms with Crippen LogP contribution in [-0.2, 0) is 6.54 Å². The fourth-order valence-electron chi connectivity index (χ4n) is 3.92. The van der Waals surface area contributed by atoms with Crippen molar-refractivity contribution in [2.45, 2.75) is 38.3 Å². The third-order valence-corrected chi connectivity index (χ3v) is 6.51. The Morgan fingerprint density at radius 1 is 1.14 bits per heavy atom. The minimum absolute atomic E-state index is 0.470. The zero-order valence-corrected chi connectivity index (χ0v) is 17.4. The molecule has 4 rings (SSSR count). The van der Waals surface area contributed by atoms with Crippen molar-refractivity contribution in [2.24, 2.45) is 4.99 Å². The van der Waals surface area contributed by atoms with Crippen LogP contribution in [0.1, 0.15) is 31.2 Å². The fourth-order valence-corrected chi connectivity index (χ4v) is 4.71. The van der Waals surface area contributed by atoms with Crippen molar-refractivity contribution < 1.29 is 0 Å². The van der Waals surface area contributed by atoms with Gasteiger partial charge in [-0.05, 0) is 54.8 Å². The zero-order valence-electron chi connectivity index (χ0n) is 16.6. The Hall–Kier alpha value is -2.28. The molecular weight excluding hydrogens is 368 g/mol. The Balaban J connectivity index is 1.23. The summed E-state index contributed by atoms with van der Waals surface area (Å²) in [7, 11) is 1.84. The summed E-state index contributed by atoms with van der Waals surface area (Å²) in [5.74, 6) is 1.97. The molecule has 6 nitrogen and oxygen atoms in total. The van der Waals surface area contributed by atoms with Crippen LogP contribution in [0.4, 0.5) is 10.8 Å². The summed E-state index contributed by atoms with van der Waals surface area (Å²) >= 11 is 1.82. The van der Waals surface area contributed by atoms with Crippen LogP contribution in [0.15, 0.2) is 40.8 Å². The molecule has 7 heteroatoms. The van der Waals surface area contributed by atoms with Gasteiger partial charge in [0, 0.05) is 52.0 Å². The van der Waals surface area contributed by atoms with E-state index in [0.29, 0.717) is 6.04 Å². The summed E-state index contributed by atoms with van der Waals surface area (Å²) in [4.78, 5) is 13.9. The zero-order chi connectivity index (χ0) is 19.2. The second kappa shape index (κ2) is 9.28. The number of hydrogen-bond acceptors (Lipinski definition) is 5. The minimum atomic E-state index is 0.470. The Bertz CT molecular complexity index is 744. The molecule has 0 unspecified atom stereocenters. The molecule has 2 aromatic rings. The first-order valence-electron chi connectivity index (χ1n) is 10.3. The van der Waals surface area contributed by atoms with Gasteiger partial charge in [0.1, 0.15) is 5.82 Å². The summed E-state index contributed by atoms with van der Waals surface area (Å²) in [5, 5.41) is 10.6. The van der Waals surface area contributed by atoms with Gasteiger partial charge >= 0.3 is 0 Å². The van der Waals surface area contributed by atoms with E-state index in [2.05, 4.69) is 60.1 Å². The first kappa shape index (κ1) is 19.1. The van der Waals surface area contributed by atoms with Crippen LogP contribution >= 0.6 is 11.3 Å². The quantitative estimate of drug-likeness (QED) is 0.599. The molecule has 0 radical (unpaired) electrons. The Morgan fingerprint density at radius 2 is 1.96 bits per heavy atom. The van der Waals surface area contributed by atoms with Crippen molar-refractivity contribution in [1.29, 1.82) is 0 Å². The molecule has 2 aliphatic heterocycles. The maximum atomic E-state index is 4.63. The minimum Gasteiger partial charge on any atom is -0.363 e. The van der Waals surface area contributed by atoms with Gasteiger partial charge in [0.15, 0.2) is 5.96 Å². The van der Waals surface area contributed by atoms with Crippen LogP contribution in [0.25, 0.3) is 0 Å². The molecule has 0 aliphatic carbocycles. The summed E-state index contributed by atoms with van der Waals surface area (Å²) in [6, 6.07) is 9.11. The van der Waals surface area contributed by atoms with Gasteiger partial charge < -0.3 is 20.4 Å². The van der Waals surface area contributed by atoms with E-state index in [1.54, 1.807) is 0 Å². The molecule has 2 N–H and O–H groups in total. The number of nitrogens with zero attached hydrogens (tertiary/aromatic N) is 4. The van der Waals surface area contributed by atoms with Crippen molar-refractivity contribution in [3.05, 3.63) is 41.4 Å². The number of aromatic nitrogens is 1. The summed E-state index contributed by atoms with van der Waals surface area (Å²) in [6.07, 6.45) is 6.79. The number of rotatable bonds is 5. The number of piperidine rings is 1. The molecule has 2 saturated heterocycles. The molecule has 4 heterocycles. The van der Waals surface area contributed by atoms with Crippen molar-refractivity contribution in [3.8, 4) is 0 Å². The normalized spacial score (nSPS) is 18.5. The average molecular weight is 399 g/mol. The number of aliphatic imine (C=N–C) groups is 1. The van der Waals surface area contributed by atoms with Gasteiger partial charge in [0.25, 0.3) is 0 Å². The molecule has 2 aliphatic rings. The molecule has 0 spiro atoms. The predicted octanol–water partition coefficient (Wildman–Crippen LogP) is 3.08. The van der Waals surface area contributed by atoms with E-state index in [1.807, 2.05) is 24.6 Å². The van der Waals surface area contributed by atoms with Gasteiger partial charge in [-0.3, -0.25) is 4.99 Å². The summed E-state index contributed by atoms with van der Waals surface area (Å²) in [5.41, 5.74) is 1.18. The first-order chi connectivity index (χ1) is 13.8. The monoisotopic (exact) mass is 398 g/mol. The average Bonchev–Trinajstić information content (AvgIpc) is 3.46. The lowest BCUT2D eigenvalue weighted by atomic mass is 10.1. The van der Waals surface area contributed by atoms with E-state index in [1.165, 1.54) is 23.4 Å². The van der Waals surface area contributed by atoms with E-state index in [4.69, 9.17) is 0 Å². The summed E-state index contributed by atoms with van der Waals surface area (Å²) in [6.45, 7) is 5.19. The van der Waals surface area contributed by atoms with Gasteiger partial charge in [-0.15, -0.1) is 11.3 Å². The standard InChI is InChI=1S/C21H30N6S/c1-22-21(25-18-8-12-27(13-9-18)20-5-4-14-28-20)24-16-17-6-7-19(23-15-17)26-10-2-3-11-26/h4-7,14-15,18H,2-3,8-13,16H2,1H3,(H2,22,24,25). The second-order valence-corrected chi connectivity index (χ2v) is 8.43. The number of thiophene rings is 1. The van der Waals surface area contributed by atoms with Crippen LogP contribution in [0.2, 0.25) is 0 Å². The largest absolute Gasteiger partial charge is 0.363 e. The van der Waals surface area contributed by atoms with Gasteiger partial charge in [0.2, 0.25) is 0 Å². The highest BCUT2D eigenvalue weighted by Gasteiger charge is 2.20. The third-order valence-electron chi connectivity index (χ3n) is 5.58. The van der Waals surface area contributed by atoms with Gasteiger partial charge in [-0.1, -0.05) is 6.07 Å². The second-order valence-electron chi connectivity index (χ2n) is 7.50. The number of nitrogens with one attached hydrogen (secondary N) is 2. The van der Waals surface area contributed by atoms with Crippen LogP contribution in [-0.4, -0.2) is 50.2 Å². The number of pyridine rings is 1. The van der Waals surface area contributed by atoms with E-state index in [-0.39, 0.29) is 0 Å². The van der Waals surface area contributed by atoms with Crippen molar-refractivity contribution in [2.75, 3.05) is 43.0 Å². The molecule has 0 amide bonds. The van der Waals surface area contributed by atoms with E-state index in [0.717, 1.165) is 57.3 Å². The number of hydrogen-bond donors (Lipinski definition) is 2. The Kier molecular flexibility index (Phi) is 6.31. The first-order valence-corrected chi connectivity index (χ1v) is 11.2. The predicted molar refractivity (Wildman–Crippen MR) is 119 cm³/mol. The molecular formula is C21H30N6S. The molecule has 28 heavy (non-hydrogen) atoms. The third kappa shape index (κ3) is 4.76. The van der Waals surface area contributed by atoms with Crippen LogP contribution in [0, 0.1) is 0 Å². The molecule has 0 bridgehead atoms. The summed E-state index contributed by atoms with van der Waals surface area (Å²) < 4.78 is 0. The van der Waals surface area contributed by atoms with Crippen LogP contribution in [0.3, 0.4) is 0 Å². The van der Waals surface area contributed by atoms with Crippen molar-refractivity contribution in [3.63, 3.8) is 0 Å². The van der Waals surface area contributed by atoms with Gasteiger partial charge in [0.05, 0.1) is 5.00 Å². The van der Waals surface area contributed by atoms with E-state index >= 15 is 0 Å². The van der Waals surface area contributed by atoms with E-state index < -0.39 is 0 Å². The molecule has 2 aromatic heterocycles. The Labute approximate surface area is 171 Å². The van der Waals surface area contributed by atoms with Gasteiger partial charge in [-0.2, -0.15) is 0 Å². The molecule has 150 valence electrons. The maximum Gasteiger partial charge on any atom is 0.191 e. The molecule has 0 atom stereocenters. The van der Waals surface area contributed by atoms with Crippen molar-refractivity contribution >= 4 is 28.1 Å². The lowest BCUT2D eigenvalue weighted by molar-refractivity contribution is 0.463. The highest BCUT2D eigenvalue weighted by atomic mass is 32.1. The molecule has 2 fully saturated rings. The highest BCUT2D eigenvalue weighted by molar-refractivity contribution is 7.14. The topological polar surface area (TPSA) is 55.8 Å². The Morgan fingerprint density at radius 3 is 2.61 bits per heavy atom. The smallest absolute Gasteiger partial charge is 0.191 e. The lowest BCUT2D eigenvalue weighted by Crippen LogP contribution is -2.48. The SMILES string of the molecule is CN=C(NCc1ccc(N2CCCC2)nc1)NC1CCN(c2cccs2)CC1. The van der Waals surface area contributed by atoms with Crippen LogP contribution in [0.5, 0.6) is 0 Å². The van der Waals surface area contributed by atoms with Crippen LogP contribution < -0.4 is 20.4 Å². The maximum absolute atomic E-state index is 4.63. The molecule has 0 aromatic carbocycles. The van der Waals surface area contributed by atoms with Crippen molar-refractivity contribution in [1.82, 2.24) is 15.6 Å². The molecule has 0 saturated carbocycles.